The molecule has 0 aliphatic heterocycles. The molecule has 4 rings (SSSR count). The SMILES string of the molecule is O=C(NCCNC(=O)c1ccc(OC2CCC(C(=O)O)CC2)cc1F)c1ccc(C2CC2)c(F)c1. The molecule has 9 heteroatoms. The Morgan fingerprint density at radius 1 is 0.857 bits per heavy atom. The maximum Gasteiger partial charge on any atom is 0.306 e. The summed E-state index contributed by atoms with van der Waals surface area (Å²) in [5.74, 6) is -2.85. The van der Waals surface area contributed by atoms with Gasteiger partial charge in [0.05, 0.1) is 17.6 Å². The van der Waals surface area contributed by atoms with Crippen LogP contribution in [0.3, 0.4) is 0 Å². The first kappa shape index (κ1) is 24.6. The van der Waals surface area contributed by atoms with Crippen LogP contribution in [0.4, 0.5) is 8.78 Å². The number of carbonyl (C=O) groups is 3. The van der Waals surface area contributed by atoms with Crippen molar-refractivity contribution in [3.8, 4) is 5.75 Å². The number of benzene rings is 2. The summed E-state index contributed by atoms with van der Waals surface area (Å²) in [5, 5.41) is 14.2. The molecule has 0 atom stereocenters. The lowest BCUT2D eigenvalue weighted by atomic mass is 9.87. The molecule has 0 aromatic heterocycles. The van der Waals surface area contributed by atoms with Gasteiger partial charge in [-0.2, -0.15) is 0 Å². The molecule has 0 bridgehead atoms. The number of carboxylic acid groups (broad SMARTS) is 1. The topological polar surface area (TPSA) is 105 Å². The van der Waals surface area contributed by atoms with Gasteiger partial charge in [0.1, 0.15) is 17.4 Å². The predicted octanol–water partition coefficient (Wildman–Crippen LogP) is 4.02. The van der Waals surface area contributed by atoms with Gasteiger partial charge in [-0.1, -0.05) is 6.07 Å². The van der Waals surface area contributed by atoms with Crippen LogP contribution in [0.15, 0.2) is 36.4 Å². The van der Waals surface area contributed by atoms with E-state index in [4.69, 9.17) is 9.84 Å². The summed E-state index contributed by atoms with van der Waals surface area (Å²) >= 11 is 0. The van der Waals surface area contributed by atoms with E-state index in [1.54, 1.807) is 12.1 Å². The summed E-state index contributed by atoms with van der Waals surface area (Å²) in [6.45, 7) is 0.163. The van der Waals surface area contributed by atoms with Gasteiger partial charge in [0.25, 0.3) is 11.8 Å². The van der Waals surface area contributed by atoms with Crippen LogP contribution in [-0.2, 0) is 4.79 Å². The number of halogens is 2. The molecule has 35 heavy (non-hydrogen) atoms. The first-order valence-corrected chi connectivity index (χ1v) is 11.9. The van der Waals surface area contributed by atoms with Crippen molar-refractivity contribution in [3.05, 3.63) is 64.7 Å². The van der Waals surface area contributed by atoms with E-state index in [-0.39, 0.29) is 53.7 Å². The molecule has 2 aliphatic carbocycles. The highest BCUT2D eigenvalue weighted by atomic mass is 19.1. The van der Waals surface area contributed by atoms with Gasteiger partial charge in [-0.15, -0.1) is 0 Å². The number of carboxylic acids is 1. The van der Waals surface area contributed by atoms with E-state index in [9.17, 15) is 23.2 Å². The molecule has 0 unspecified atom stereocenters. The van der Waals surface area contributed by atoms with Crippen molar-refractivity contribution in [3.63, 3.8) is 0 Å². The molecule has 2 aromatic carbocycles. The minimum Gasteiger partial charge on any atom is -0.490 e. The second kappa shape index (κ2) is 10.8. The van der Waals surface area contributed by atoms with Crippen molar-refractivity contribution in [2.75, 3.05) is 13.1 Å². The van der Waals surface area contributed by atoms with Crippen molar-refractivity contribution in [1.29, 1.82) is 0 Å². The van der Waals surface area contributed by atoms with Crippen LogP contribution < -0.4 is 15.4 Å². The lowest BCUT2D eigenvalue weighted by Gasteiger charge is -2.26. The van der Waals surface area contributed by atoms with Crippen LogP contribution >= 0.6 is 0 Å². The minimum absolute atomic E-state index is 0.0672. The average Bonchev–Trinajstić information content (AvgIpc) is 3.67. The van der Waals surface area contributed by atoms with Gasteiger partial charge >= 0.3 is 5.97 Å². The van der Waals surface area contributed by atoms with Crippen LogP contribution in [-0.4, -0.2) is 42.1 Å². The fourth-order valence-corrected chi connectivity index (χ4v) is 4.32. The highest BCUT2D eigenvalue weighted by Crippen LogP contribution is 2.41. The smallest absolute Gasteiger partial charge is 0.306 e. The molecule has 3 N–H and O–H groups in total. The summed E-state index contributed by atoms with van der Waals surface area (Å²) in [7, 11) is 0. The molecule has 0 heterocycles. The molecule has 2 saturated carbocycles. The number of amides is 2. The van der Waals surface area contributed by atoms with Crippen LogP contribution in [0.25, 0.3) is 0 Å². The third-order valence-electron chi connectivity index (χ3n) is 6.49. The van der Waals surface area contributed by atoms with E-state index in [1.165, 1.54) is 18.2 Å². The van der Waals surface area contributed by atoms with Gasteiger partial charge in [0.15, 0.2) is 0 Å². The standard InChI is InChI=1S/C26H28F2N2O5/c27-22-13-17(5-9-20(22)15-1-2-15)24(31)29-11-12-30-25(32)21-10-8-19(14-23(21)28)35-18-6-3-16(4-7-18)26(33)34/h5,8-10,13-16,18H,1-4,6-7,11-12H2,(H,29,31)(H,30,32)(H,33,34). The molecule has 2 aliphatic rings. The highest BCUT2D eigenvalue weighted by Gasteiger charge is 2.28. The Balaban J connectivity index is 1.21. The van der Waals surface area contributed by atoms with E-state index < -0.39 is 23.6 Å². The van der Waals surface area contributed by atoms with Gasteiger partial charge in [-0.25, -0.2) is 8.78 Å². The fraction of sp³-hybridized carbons (Fsp3) is 0.423. The number of aliphatic carboxylic acids is 1. The zero-order valence-corrected chi connectivity index (χ0v) is 19.2. The molecule has 0 saturated heterocycles. The Kier molecular flexibility index (Phi) is 7.63. The largest absolute Gasteiger partial charge is 0.490 e. The minimum atomic E-state index is -0.805. The van der Waals surface area contributed by atoms with E-state index in [0.29, 0.717) is 31.2 Å². The van der Waals surface area contributed by atoms with Crippen molar-refractivity contribution in [2.24, 2.45) is 5.92 Å². The first-order valence-electron chi connectivity index (χ1n) is 11.9. The third-order valence-corrected chi connectivity index (χ3v) is 6.49. The number of nitrogens with one attached hydrogen (secondary N) is 2. The summed E-state index contributed by atoms with van der Waals surface area (Å²) < 4.78 is 34.4. The van der Waals surface area contributed by atoms with Crippen molar-refractivity contribution in [2.45, 2.75) is 50.5 Å². The molecular formula is C26H28F2N2O5. The van der Waals surface area contributed by atoms with E-state index in [0.717, 1.165) is 18.9 Å². The molecule has 186 valence electrons. The lowest BCUT2D eigenvalue weighted by molar-refractivity contribution is -0.143. The zero-order chi connectivity index (χ0) is 24.9. The second-order valence-electron chi connectivity index (χ2n) is 9.09. The maximum absolute atomic E-state index is 14.5. The molecule has 2 fully saturated rings. The van der Waals surface area contributed by atoms with Gasteiger partial charge in [-0.05, 0) is 74.3 Å². The Hall–Kier alpha value is -3.49. The monoisotopic (exact) mass is 486 g/mol. The quantitative estimate of drug-likeness (QED) is 0.465. The first-order chi connectivity index (χ1) is 16.8. The van der Waals surface area contributed by atoms with Crippen LogP contribution in [0.2, 0.25) is 0 Å². The summed E-state index contributed by atoms with van der Waals surface area (Å²) in [6.07, 6.45) is 3.92. The summed E-state index contributed by atoms with van der Waals surface area (Å²) in [4.78, 5) is 35.6. The van der Waals surface area contributed by atoms with Gasteiger partial charge < -0.3 is 20.5 Å². The number of hydrogen-bond acceptors (Lipinski definition) is 4. The molecule has 7 nitrogen and oxygen atoms in total. The Morgan fingerprint density at radius 2 is 1.54 bits per heavy atom. The van der Waals surface area contributed by atoms with E-state index >= 15 is 0 Å². The number of rotatable bonds is 9. The molecule has 2 amide bonds. The second-order valence-corrected chi connectivity index (χ2v) is 9.09. The summed E-state index contributed by atoms with van der Waals surface area (Å²) in [5.41, 5.74) is 0.685. The van der Waals surface area contributed by atoms with Crippen molar-refractivity contribution < 1.29 is 33.0 Å². The Morgan fingerprint density at radius 3 is 2.14 bits per heavy atom. The molecular weight excluding hydrogens is 458 g/mol. The van der Waals surface area contributed by atoms with Gasteiger partial charge in [0.2, 0.25) is 0 Å². The maximum atomic E-state index is 14.5. The Bertz CT molecular complexity index is 1110. The number of hydrogen-bond donors (Lipinski definition) is 3. The van der Waals surface area contributed by atoms with Crippen LogP contribution in [0.1, 0.15) is 70.7 Å². The zero-order valence-electron chi connectivity index (χ0n) is 19.2. The Labute approximate surface area is 201 Å². The van der Waals surface area contributed by atoms with Crippen LogP contribution in [0.5, 0.6) is 5.75 Å². The predicted molar refractivity (Wildman–Crippen MR) is 123 cm³/mol. The average molecular weight is 487 g/mol. The number of ether oxygens (including phenoxy) is 1. The third kappa shape index (κ3) is 6.35. The molecule has 0 radical (unpaired) electrons. The van der Waals surface area contributed by atoms with Crippen molar-refractivity contribution >= 4 is 17.8 Å². The van der Waals surface area contributed by atoms with Crippen molar-refractivity contribution in [1.82, 2.24) is 10.6 Å². The van der Waals surface area contributed by atoms with Gasteiger partial charge in [-0.3, -0.25) is 14.4 Å². The van der Waals surface area contributed by atoms with Gasteiger partial charge in [0, 0.05) is 24.7 Å². The van der Waals surface area contributed by atoms with E-state index in [1.807, 2.05) is 0 Å². The molecule has 2 aromatic rings. The normalized spacial score (nSPS) is 19.6. The highest BCUT2D eigenvalue weighted by molar-refractivity contribution is 5.95. The number of carbonyl (C=O) groups excluding carboxylic acids is 2. The fourth-order valence-electron chi connectivity index (χ4n) is 4.32. The van der Waals surface area contributed by atoms with E-state index in [2.05, 4.69) is 10.6 Å². The molecule has 0 spiro atoms. The lowest BCUT2D eigenvalue weighted by Crippen LogP contribution is -2.35. The summed E-state index contributed by atoms with van der Waals surface area (Å²) in [6, 6.07) is 8.41. The van der Waals surface area contributed by atoms with Crippen LogP contribution in [0, 0.1) is 17.6 Å².